The van der Waals surface area contributed by atoms with Gasteiger partial charge in [0.15, 0.2) is 9.84 Å². The molecule has 0 bridgehead atoms. The highest BCUT2D eigenvalue weighted by atomic mass is 32.2. The van der Waals surface area contributed by atoms with Crippen molar-refractivity contribution in [2.45, 2.75) is 43.5 Å². The third-order valence-corrected chi connectivity index (χ3v) is 5.70. The Morgan fingerprint density at radius 3 is 2.74 bits per heavy atom. The minimum Gasteiger partial charge on any atom is -0.388 e. The van der Waals surface area contributed by atoms with Crippen LogP contribution in [0.15, 0.2) is 18.2 Å². The maximum atomic E-state index is 13.1. The Bertz CT molecular complexity index is 582. The molecule has 2 rings (SSSR count). The fourth-order valence-corrected chi connectivity index (χ4v) is 4.62. The molecule has 0 radical (unpaired) electrons. The second kappa shape index (κ2) is 4.87. The molecule has 1 aliphatic carbocycles. The number of sulfone groups is 1. The molecule has 0 aliphatic heterocycles. The molecular weight excluding hydrogens is 267 g/mol. The van der Waals surface area contributed by atoms with Crippen molar-refractivity contribution < 1.29 is 17.9 Å². The SMILES string of the molecule is Cc1cc(F)ccc1CC1(O)CCCC1S(C)(=O)=O. The first-order chi connectivity index (χ1) is 8.72. The minimum absolute atomic E-state index is 0.261. The van der Waals surface area contributed by atoms with Crippen molar-refractivity contribution >= 4 is 9.84 Å². The zero-order chi connectivity index (χ0) is 14.3. The van der Waals surface area contributed by atoms with Gasteiger partial charge in [-0.25, -0.2) is 12.8 Å². The monoisotopic (exact) mass is 286 g/mol. The van der Waals surface area contributed by atoms with E-state index in [1.165, 1.54) is 18.4 Å². The number of halogens is 1. The Balaban J connectivity index is 2.30. The smallest absolute Gasteiger partial charge is 0.153 e. The Kier molecular flexibility index (Phi) is 3.71. The number of benzene rings is 1. The number of aryl methyl sites for hydroxylation is 1. The van der Waals surface area contributed by atoms with Gasteiger partial charge in [0.2, 0.25) is 0 Å². The van der Waals surface area contributed by atoms with Gasteiger partial charge in [-0.2, -0.15) is 0 Å². The zero-order valence-electron chi connectivity index (χ0n) is 11.2. The lowest BCUT2D eigenvalue weighted by Crippen LogP contribution is -2.44. The third kappa shape index (κ3) is 2.98. The van der Waals surface area contributed by atoms with Crippen LogP contribution in [0.4, 0.5) is 4.39 Å². The molecule has 0 aromatic heterocycles. The number of hydrogen-bond acceptors (Lipinski definition) is 3. The number of rotatable bonds is 3. The van der Waals surface area contributed by atoms with Crippen molar-refractivity contribution in [2.24, 2.45) is 0 Å². The summed E-state index contributed by atoms with van der Waals surface area (Å²) in [5, 5.41) is 9.94. The van der Waals surface area contributed by atoms with Crippen molar-refractivity contribution in [3.05, 3.63) is 35.1 Å². The van der Waals surface area contributed by atoms with Gasteiger partial charge >= 0.3 is 0 Å². The van der Waals surface area contributed by atoms with E-state index < -0.39 is 20.7 Å². The molecule has 0 spiro atoms. The molecule has 106 valence electrons. The maximum absolute atomic E-state index is 13.1. The molecule has 2 atom stereocenters. The molecule has 2 unspecified atom stereocenters. The van der Waals surface area contributed by atoms with E-state index in [-0.39, 0.29) is 12.2 Å². The Morgan fingerprint density at radius 2 is 2.16 bits per heavy atom. The second-order valence-corrected chi connectivity index (χ2v) is 7.79. The highest BCUT2D eigenvalue weighted by Crippen LogP contribution is 2.37. The predicted octanol–water partition coefficient (Wildman–Crippen LogP) is 2.00. The quantitative estimate of drug-likeness (QED) is 0.924. The molecule has 0 saturated heterocycles. The number of aliphatic hydroxyl groups is 1. The molecule has 0 amide bonds. The third-order valence-electron chi connectivity index (χ3n) is 3.99. The molecule has 1 aromatic carbocycles. The predicted molar refractivity (Wildman–Crippen MR) is 72.3 cm³/mol. The van der Waals surface area contributed by atoms with Crippen LogP contribution in [-0.2, 0) is 16.3 Å². The van der Waals surface area contributed by atoms with Crippen LogP contribution in [0.5, 0.6) is 0 Å². The van der Waals surface area contributed by atoms with E-state index in [1.54, 1.807) is 13.0 Å². The summed E-state index contributed by atoms with van der Waals surface area (Å²) < 4.78 is 36.6. The normalized spacial score (nSPS) is 27.7. The van der Waals surface area contributed by atoms with Gasteiger partial charge in [-0.1, -0.05) is 6.07 Å². The van der Waals surface area contributed by atoms with Gasteiger partial charge in [0.05, 0.1) is 10.9 Å². The van der Waals surface area contributed by atoms with Gasteiger partial charge in [0.25, 0.3) is 0 Å². The summed E-state index contributed by atoms with van der Waals surface area (Å²) in [7, 11) is -3.28. The molecule has 1 fully saturated rings. The Morgan fingerprint density at radius 1 is 1.47 bits per heavy atom. The van der Waals surface area contributed by atoms with Crippen LogP contribution >= 0.6 is 0 Å². The lowest BCUT2D eigenvalue weighted by Gasteiger charge is -2.29. The standard InChI is InChI=1S/C14H19FO3S/c1-10-8-12(15)6-5-11(10)9-14(16)7-3-4-13(14)19(2,17)18/h5-6,8,13,16H,3-4,7,9H2,1-2H3. The van der Waals surface area contributed by atoms with Gasteiger partial charge < -0.3 is 5.11 Å². The van der Waals surface area contributed by atoms with Gasteiger partial charge in [-0.15, -0.1) is 0 Å². The highest BCUT2D eigenvalue weighted by Gasteiger charge is 2.46. The van der Waals surface area contributed by atoms with Gasteiger partial charge in [-0.05, 0) is 49.4 Å². The molecule has 1 aliphatic rings. The first kappa shape index (κ1) is 14.5. The maximum Gasteiger partial charge on any atom is 0.153 e. The average Bonchev–Trinajstić information content (AvgIpc) is 2.64. The van der Waals surface area contributed by atoms with Crippen LogP contribution in [0.1, 0.15) is 30.4 Å². The van der Waals surface area contributed by atoms with Crippen molar-refractivity contribution in [3.8, 4) is 0 Å². The van der Waals surface area contributed by atoms with Crippen LogP contribution in [0.25, 0.3) is 0 Å². The van der Waals surface area contributed by atoms with E-state index in [0.29, 0.717) is 19.3 Å². The van der Waals surface area contributed by atoms with Crippen LogP contribution in [0.2, 0.25) is 0 Å². The first-order valence-corrected chi connectivity index (χ1v) is 8.34. The zero-order valence-corrected chi connectivity index (χ0v) is 12.0. The van der Waals surface area contributed by atoms with Gasteiger partial charge in [-0.3, -0.25) is 0 Å². The summed E-state index contributed by atoms with van der Waals surface area (Å²) >= 11 is 0. The molecule has 1 aromatic rings. The summed E-state index contributed by atoms with van der Waals surface area (Å²) in [6, 6.07) is 4.37. The summed E-state index contributed by atoms with van der Waals surface area (Å²) in [6.45, 7) is 1.77. The lowest BCUT2D eigenvalue weighted by molar-refractivity contribution is 0.0511. The molecule has 3 nitrogen and oxygen atoms in total. The fourth-order valence-electron chi connectivity index (χ4n) is 3.03. The average molecular weight is 286 g/mol. The molecular formula is C14H19FO3S. The van der Waals surface area contributed by atoms with E-state index in [0.717, 1.165) is 11.1 Å². The van der Waals surface area contributed by atoms with Crippen LogP contribution in [0.3, 0.4) is 0 Å². The van der Waals surface area contributed by atoms with Gasteiger partial charge in [0.1, 0.15) is 5.82 Å². The number of hydrogen-bond donors (Lipinski definition) is 1. The Labute approximate surface area is 113 Å². The summed E-state index contributed by atoms with van der Waals surface area (Å²) in [4.78, 5) is 0. The van der Waals surface area contributed by atoms with Crippen LogP contribution < -0.4 is 0 Å². The second-order valence-electron chi connectivity index (χ2n) is 5.56. The van der Waals surface area contributed by atoms with Gasteiger partial charge in [0, 0.05) is 12.7 Å². The minimum atomic E-state index is -3.28. The largest absolute Gasteiger partial charge is 0.388 e. The van der Waals surface area contributed by atoms with E-state index >= 15 is 0 Å². The molecule has 1 saturated carbocycles. The van der Waals surface area contributed by atoms with Crippen molar-refractivity contribution in [2.75, 3.05) is 6.26 Å². The fraction of sp³-hybridized carbons (Fsp3) is 0.571. The molecule has 1 N–H and O–H groups in total. The summed E-state index contributed by atoms with van der Waals surface area (Å²) in [6.07, 6.45) is 3.11. The summed E-state index contributed by atoms with van der Waals surface area (Å²) in [5.74, 6) is -0.320. The van der Waals surface area contributed by atoms with E-state index in [4.69, 9.17) is 0 Å². The molecule has 0 heterocycles. The highest BCUT2D eigenvalue weighted by molar-refractivity contribution is 7.91. The van der Waals surface area contributed by atoms with E-state index in [9.17, 15) is 17.9 Å². The summed E-state index contributed by atoms with van der Waals surface area (Å²) in [5.41, 5.74) is 0.322. The van der Waals surface area contributed by atoms with Crippen molar-refractivity contribution in [3.63, 3.8) is 0 Å². The van der Waals surface area contributed by atoms with Crippen molar-refractivity contribution in [1.29, 1.82) is 0 Å². The van der Waals surface area contributed by atoms with Crippen molar-refractivity contribution in [1.82, 2.24) is 0 Å². The lowest BCUT2D eigenvalue weighted by atomic mass is 9.90. The Hall–Kier alpha value is -0.940. The van der Waals surface area contributed by atoms with E-state index in [2.05, 4.69) is 0 Å². The molecule has 19 heavy (non-hydrogen) atoms. The topological polar surface area (TPSA) is 54.4 Å². The van der Waals surface area contributed by atoms with Crippen LogP contribution in [0, 0.1) is 12.7 Å². The van der Waals surface area contributed by atoms with Crippen LogP contribution in [-0.4, -0.2) is 30.6 Å². The van der Waals surface area contributed by atoms with E-state index in [1.807, 2.05) is 0 Å². The molecule has 5 heteroatoms. The first-order valence-electron chi connectivity index (χ1n) is 6.39.